The van der Waals surface area contributed by atoms with Gasteiger partial charge in [0.25, 0.3) is 0 Å². The van der Waals surface area contributed by atoms with E-state index in [1.54, 1.807) is 57.1 Å². The Morgan fingerprint density at radius 2 is 1.63 bits per heavy atom. The molecule has 0 amide bonds. The van der Waals surface area contributed by atoms with Crippen LogP contribution >= 0.6 is 0 Å². The lowest BCUT2D eigenvalue weighted by molar-refractivity contribution is 0.209. The molecule has 1 aliphatic carbocycles. The molecule has 8 nitrogen and oxygen atoms in total. The summed E-state index contributed by atoms with van der Waals surface area (Å²) in [5.41, 5.74) is 4.47. The first-order valence-electron chi connectivity index (χ1n) is 13.2. The van der Waals surface area contributed by atoms with Crippen molar-refractivity contribution in [1.29, 1.82) is 0 Å². The summed E-state index contributed by atoms with van der Waals surface area (Å²) >= 11 is 0. The molecule has 0 aliphatic heterocycles. The molecular weight excluding hydrogens is 538 g/mol. The van der Waals surface area contributed by atoms with Gasteiger partial charge in [0.05, 0.1) is 32.4 Å². The van der Waals surface area contributed by atoms with Gasteiger partial charge in [-0.15, -0.1) is 0 Å². The molecule has 212 valence electrons. The van der Waals surface area contributed by atoms with Gasteiger partial charge in [0, 0.05) is 12.1 Å². The van der Waals surface area contributed by atoms with E-state index >= 15 is 0 Å². The lowest BCUT2D eigenvalue weighted by Gasteiger charge is -2.35. The van der Waals surface area contributed by atoms with Crippen LogP contribution in [0.3, 0.4) is 0 Å². The molecule has 2 atom stereocenters. The summed E-state index contributed by atoms with van der Waals surface area (Å²) in [6, 6.07) is 22.1. The van der Waals surface area contributed by atoms with Crippen LogP contribution in [-0.2, 0) is 23.0 Å². The first-order chi connectivity index (χ1) is 19.8. The molecule has 0 fully saturated rings. The fourth-order valence-electron chi connectivity index (χ4n) is 5.14. The van der Waals surface area contributed by atoms with Gasteiger partial charge in [0.2, 0.25) is 10.0 Å². The number of ether oxygens (including phenoxy) is 2. The summed E-state index contributed by atoms with van der Waals surface area (Å²) in [6.07, 6.45) is 7.83. The highest BCUT2D eigenvalue weighted by Crippen LogP contribution is 2.41. The van der Waals surface area contributed by atoms with Crippen LogP contribution in [0.5, 0.6) is 11.5 Å². The number of H-pyrrole nitrogens is 1. The molecule has 1 heterocycles. The van der Waals surface area contributed by atoms with E-state index in [1.807, 2.05) is 60.7 Å². The van der Waals surface area contributed by atoms with Gasteiger partial charge in [-0.05, 0) is 59.4 Å². The number of nitrogens with zero attached hydrogens (tertiary/aromatic N) is 1. The topological polar surface area (TPSA) is 114 Å². The van der Waals surface area contributed by atoms with Crippen LogP contribution in [-0.4, -0.2) is 42.5 Å². The lowest BCUT2D eigenvalue weighted by atomic mass is 9.83. The number of benzene rings is 3. The van der Waals surface area contributed by atoms with Crippen LogP contribution in [0.2, 0.25) is 0 Å². The average Bonchev–Trinajstić information content (AvgIpc) is 3.55. The SMILES string of the molecule is COc1ccc(CNS(=O)(=O)C2(Cc3ccc(OC)cc3)C=CC=C(C(O)c3ccccc3-c3cnc[nH]3)C2)cc1. The van der Waals surface area contributed by atoms with E-state index in [1.165, 1.54) is 0 Å². The number of aliphatic hydroxyl groups excluding tert-OH is 1. The number of methoxy groups -OCH3 is 2. The summed E-state index contributed by atoms with van der Waals surface area (Å²) < 4.78 is 40.3. The van der Waals surface area contributed by atoms with E-state index in [0.717, 1.165) is 22.4 Å². The molecule has 3 aromatic carbocycles. The molecule has 0 saturated carbocycles. The summed E-state index contributed by atoms with van der Waals surface area (Å²) in [7, 11) is -0.765. The molecule has 4 aromatic rings. The van der Waals surface area contributed by atoms with Gasteiger partial charge in [0.1, 0.15) is 22.4 Å². The minimum Gasteiger partial charge on any atom is -0.497 e. The Kier molecular flexibility index (Phi) is 8.39. The number of sulfonamides is 1. The third kappa shape index (κ3) is 6.12. The Hall–Kier alpha value is -4.18. The first-order valence-corrected chi connectivity index (χ1v) is 14.7. The summed E-state index contributed by atoms with van der Waals surface area (Å²) in [4.78, 5) is 7.21. The van der Waals surface area contributed by atoms with Crippen molar-refractivity contribution < 1.29 is 23.0 Å². The smallest absolute Gasteiger partial charge is 0.221 e. The van der Waals surface area contributed by atoms with Gasteiger partial charge in [-0.1, -0.05) is 66.8 Å². The van der Waals surface area contributed by atoms with E-state index in [-0.39, 0.29) is 19.4 Å². The van der Waals surface area contributed by atoms with Crippen LogP contribution in [0.15, 0.2) is 109 Å². The monoisotopic (exact) mass is 571 g/mol. The molecule has 9 heteroatoms. The average molecular weight is 572 g/mol. The van der Waals surface area contributed by atoms with Crippen molar-refractivity contribution >= 4 is 10.0 Å². The van der Waals surface area contributed by atoms with Crippen molar-refractivity contribution in [3.8, 4) is 22.8 Å². The van der Waals surface area contributed by atoms with E-state index in [9.17, 15) is 13.5 Å². The molecule has 0 radical (unpaired) electrons. The molecule has 1 aromatic heterocycles. The zero-order chi connectivity index (χ0) is 28.9. The second-order valence-corrected chi connectivity index (χ2v) is 12.1. The van der Waals surface area contributed by atoms with Crippen LogP contribution in [0.1, 0.15) is 29.2 Å². The number of rotatable bonds is 11. The number of allylic oxidation sites excluding steroid dienone is 2. The van der Waals surface area contributed by atoms with Crippen molar-refractivity contribution in [3.05, 3.63) is 126 Å². The van der Waals surface area contributed by atoms with E-state index in [0.29, 0.717) is 22.6 Å². The maximum atomic E-state index is 14.2. The third-order valence-corrected chi connectivity index (χ3v) is 9.45. The second-order valence-electron chi connectivity index (χ2n) is 9.99. The van der Waals surface area contributed by atoms with Crippen molar-refractivity contribution in [2.24, 2.45) is 0 Å². The van der Waals surface area contributed by atoms with Gasteiger partial charge in [0.15, 0.2) is 0 Å². The van der Waals surface area contributed by atoms with Gasteiger partial charge in [-0.3, -0.25) is 0 Å². The van der Waals surface area contributed by atoms with Gasteiger partial charge >= 0.3 is 0 Å². The highest BCUT2D eigenvalue weighted by Gasteiger charge is 2.44. The van der Waals surface area contributed by atoms with Crippen LogP contribution in [0.25, 0.3) is 11.3 Å². The van der Waals surface area contributed by atoms with Crippen molar-refractivity contribution in [2.75, 3.05) is 14.2 Å². The number of nitrogens with one attached hydrogen (secondary N) is 2. The molecule has 0 bridgehead atoms. The maximum absolute atomic E-state index is 14.2. The van der Waals surface area contributed by atoms with E-state index in [2.05, 4.69) is 14.7 Å². The Morgan fingerprint density at radius 3 is 2.27 bits per heavy atom. The fraction of sp³-hybridized carbons (Fsp3) is 0.219. The zero-order valence-electron chi connectivity index (χ0n) is 22.9. The Morgan fingerprint density at radius 1 is 0.976 bits per heavy atom. The Labute approximate surface area is 240 Å². The van der Waals surface area contributed by atoms with Crippen molar-refractivity contribution in [3.63, 3.8) is 0 Å². The molecule has 5 rings (SSSR count). The number of hydrogen-bond donors (Lipinski definition) is 3. The van der Waals surface area contributed by atoms with E-state index in [4.69, 9.17) is 9.47 Å². The number of imidazole rings is 1. The van der Waals surface area contributed by atoms with Crippen molar-refractivity contribution in [2.45, 2.75) is 30.2 Å². The number of aliphatic hydroxyl groups is 1. The summed E-state index contributed by atoms with van der Waals surface area (Å²) in [5, 5.41) is 11.6. The number of hydrogen-bond acceptors (Lipinski definition) is 6. The Balaban J connectivity index is 1.47. The second kappa shape index (κ2) is 12.1. The molecular formula is C32H33N3O5S. The predicted molar refractivity (Wildman–Crippen MR) is 159 cm³/mol. The number of aromatic amines is 1. The van der Waals surface area contributed by atoms with Crippen molar-refractivity contribution in [1.82, 2.24) is 14.7 Å². The summed E-state index contributed by atoms with van der Waals surface area (Å²) in [6.45, 7) is 0.120. The molecule has 0 saturated heterocycles. The first kappa shape index (κ1) is 28.4. The molecule has 1 aliphatic rings. The van der Waals surface area contributed by atoms with Gasteiger partial charge in [-0.25, -0.2) is 18.1 Å². The fourth-order valence-corrected chi connectivity index (χ4v) is 6.75. The molecule has 41 heavy (non-hydrogen) atoms. The maximum Gasteiger partial charge on any atom is 0.221 e. The minimum atomic E-state index is -3.94. The van der Waals surface area contributed by atoms with Crippen LogP contribution < -0.4 is 14.2 Å². The largest absolute Gasteiger partial charge is 0.497 e. The number of aromatic nitrogens is 2. The Bertz CT molecular complexity index is 1630. The van der Waals surface area contributed by atoms with Crippen LogP contribution in [0.4, 0.5) is 0 Å². The van der Waals surface area contributed by atoms with Crippen LogP contribution in [0, 0.1) is 0 Å². The zero-order valence-corrected chi connectivity index (χ0v) is 23.8. The summed E-state index contributed by atoms with van der Waals surface area (Å²) in [5.74, 6) is 1.39. The predicted octanol–water partition coefficient (Wildman–Crippen LogP) is 5.11. The van der Waals surface area contributed by atoms with Gasteiger partial charge < -0.3 is 19.6 Å². The lowest BCUT2D eigenvalue weighted by Crippen LogP contribution is -2.47. The normalized spacial score (nSPS) is 17.6. The quantitative estimate of drug-likeness (QED) is 0.231. The third-order valence-electron chi connectivity index (χ3n) is 7.43. The standard InChI is InChI=1S/C32H33N3O5S/c1-39-26-13-9-23(10-14-26)18-32(41(37,38)35-20-24-11-15-27(40-2)16-12-24)17-5-6-25(19-32)31(36)29-8-4-3-7-28(29)30-21-33-22-34-30/h3-17,21-22,31,35-36H,18-20H2,1-2H3,(H,33,34). The molecule has 0 spiro atoms. The highest BCUT2D eigenvalue weighted by molar-refractivity contribution is 7.91. The molecule has 2 unspecified atom stereocenters. The highest BCUT2D eigenvalue weighted by atomic mass is 32.2. The molecule has 3 N–H and O–H groups in total. The van der Waals surface area contributed by atoms with Gasteiger partial charge in [-0.2, -0.15) is 0 Å². The minimum absolute atomic E-state index is 0.103. The van der Waals surface area contributed by atoms with E-state index < -0.39 is 20.9 Å².